The van der Waals surface area contributed by atoms with Gasteiger partial charge in [0.25, 0.3) is 0 Å². The van der Waals surface area contributed by atoms with Crippen LogP contribution in [0.2, 0.25) is 65.5 Å². The summed E-state index contributed by atoms with van der Waals surface area (Å²) in [5.74, 6) is 0. The van der Waals surface area contributed by atoms with Crippen LogP contribution in [-0.4, -0.2) is 53.5 Å². The molecule has 0 heterocycles. The maximum Gasteiger partial charge on any atom is 0.330 e. The molecule has 2 unspecified atom stereocenters. The molecule has 0 fully saturated rings. The van der Waals surface area contributed by atoms with E-state index < -0.39 is 42.6 Å². The average Bonchev–Trinajstić information content (AvgIpc) is 2.54. The molecule has 174 valence electrons. The molecule has 0 aromatic heterocycles. The molecule has 4 nitrogen and oxygen atoms in total. The normalized spacial score (nSPS) is 16.6. The first-order chi connectivity index (χ1) is 12.9. The Morgan fingerprint density at radius 3 is 1.59 bits per heavy atom. The number of hydrogen-bond acceptors (Lipinski definition) is 4. The van der Waals surface area contributed by atoms with Gasteiger partial charge < -0.3 is 17.1 Å². The zero-order valence-electron chi connectivity index (χ0n) is 21.7. The van der Waals surface area contributed by atoms with E-state index in [2.05, 4.69) is 92.8 Å². The molecule has 9 heteroatoms. The smallest absolute Gasteiger partial charge is 0.330 e. The third-order valence-electron chi connectivity index (χ3n) is 5.71. The zero-order chi connectivity index (χ0) is 23.3. The van der Waals surface area contributed by atoms with E-state index >= 15 is 0 Å². The van der Waals surface area contributed by atoms with Crippen LogP contribution in [0.15, 0.2) is 12.3 Å². The Labute approximate surface area is 188 Å². The molecule has 0 rings (SSSR count). The van der Waals surface area contributed by atoms with Gasteiger partial charge in [-0.1, -0.05) is 65.8 Å². The summed E-state index contributed by atoms with van der Waals surface area (Å²) in [5.41, 5.74) is 2.20. The molecular weight excluding hydrogens is 445 g/mol. The van der Waals surface area contributed by atoms with Crippen LogP contribution in [0.3, 0.4) is 0 Å². The van der Waals surface area contributed by atoms with Gasteiger partial charge in [0.15, 0.2) is 0 Å². The van der Waals surface area contributed by atoms with Crippen LogP contribution < -0.4 is 0 Å². The molecule has 0 N–H and O–H groups in total. The van der Waals surface area contributed by atoms with Crippen LogP contribution in [-0.2, 0) is 17.1 Å². The summed E-state index contributed by atoms with van der Waals surface area (Å²) < 4.78 is 26.5. The Morgan fingerprint density at radius 1 is 0.828 bits per heavy atom. The minimum Gasteiger partial charge on any atom is -0.415 e. The van der Waals surface area contributed by atoms with Gasteiger partial charge in [0, 0.05) is 11.0 Å². The summed E-state index contributed by atoms with van der Waals surface area (Å²) in [4.78, 5) is 0. The van der Waals surface area contributed by atoms with E-state index in [1.54, 1.807) is 0 Å². The molecule has 2 atom stereocenters. The fourth-order valence-electron chi connectivity index (χ4n) is 4.03. The van der Waals surface area contributed by atoms with Crippen molar-refractivity contribution in [1.82, 2.24) is 0 Å². The minimum absolute atomic E-state index is 0.0581. The molecular formula is C20H50O4Si5. The molecule has 0 aromatic rings. The lowest BCUT2D eigenvalue weighted by Crippen LogP contribution is -2.60. The molecule has 0 radical (unpaired) electrons. The van der Waals surface area contributed by atoms with E-state index in [0.717, 1.165) is 19.3 Å². The van der Waals surface area contributed by atoms with Gasteiger partial charge >= 0.3 is 26.4 Å². The summed E-state index contributed by atoms with van der Waals surface area (Å²) in [5, 5.41) is -0.0581. The molecule has 0 aliphatic carbocycles. The van der Waals surface area contributed by atoms with Gasteiger partial charge in [0.05, 0.1) is 16.1 Å². The molecule has 29 heavy (non-hydrogen) atoms. The molecule has 0 aliphatic rings. The van der Waals surface area contributed by atoms with Crippen LogP contribution in [0, 0.1) is 0 Å². The van der Waals surface area contributed by atoms with E-state index in [0.29, 0.717) is 5.73 Å². The van der Waals surface area contributed by atoms with Crippen LogP contribution in [0.5, 0.6) is 0 Å². The molecule has 0 spiro atoms. The SMILES string of the molecule is C=C[SiH](O[Si](C)(C)OC(CC)[Si](C)(C)C)O[Si](C)(C)OC(CC)(CC)[Si](C)(C)C. The molecule has 0 aromatic carbocycles. The first kappa shape index (κ1) is 29.7. The second-order valence-electron chi connectivity index (χ2n) is 11.1. The summed E-state index contributed by atoms with van der Waals surface area (Å²) in [6.45, 7) is 33.6. The first-order valence-corrected chi connectivity index (χ1v) is 25.6. The molecule has 0 saturated carbocycles. The van der Waals surface area contributed by atoms with Crippen molar-refractivity contribution in [3.8, 4) is 0 Å². The lowest BCUT2D eigenvalue weighted by molar-refractivity contribution is 0.0946. The molecule has 0 bridgehead atoms. The van der Waals surface area contributed by atoms with Gasteiger partial charge in [-0.05, 0) is 45.5 Å². The lowest BCUT2D eigenvalue weighted by Gasteiger charge is -2.47. The van der Waals surface area contributed by atoms with Crippen LogP contribution >= 0.6 is 0 Å². The molecule has 0 aliphatic heterocycles. The Bertz CT molecular complexity index is 508. The van der Waals surface area contributed by atoms with Crippen molar-refractivity contribution in [2.75, 3.05) is 0 Å². The van der Waals surface area contributed by atoms with Gasteiger partial charge in [-0.25, -0.2) is 0 Å². The topological polar surface area (TPSA) is 36.9 Å². The minimum atomic E-state index is -2.38. The average molecular weight is 495 g/mol. The third-order valence-corrected chi connectivity index (χ3v) is 20.7. The number of hydrogen-bond donors (Lipinski definition) is 0. The lowest BCUT2D eigenvalue weighted by atomic mass is 10.2. The standard InChI is InChI=1S/C20H50O4Si5/c1-15-19(26(5,6)7)21-28(11,12)23-25(18-4)24-29(13,14)22-20(16-2,17-3)27(8,9)10/h18-19,25H,4,15-17H2,1-3,5-14H3. The van der Waals surface area contributed by atoms with Crippen molar-refractivity contribution in [3.63, 3.8) is 0 Å². The predicted molar refractivity (Wildman–Crippen MR) is 141 cm³/mol. The fraction of sp³-hybridized carbons (Fsp3) is 0.900. The highest BCUT2D eigenvalue weighted by molar-refractivity contribution is 6.82. The molecule has 0 amide bonds. The van der Waals surface area contributed by atoms with Gasteiger partial charge in [0.1, 0.15) is 0 Å². The van der Waals surface area contributed by atoms with Crippen molar-refractivity contribution < 1.29 is 17.1 Å². The maximum atomic E-state index is 6.86. The van der Waals surface area contributed by atoms with E-state index in [1.165, 1.54) is 0 Å². The monoisotopic (exact) mass is 494 g/mol. The largest absolute Gasteiger partial charge is 0.415 e. The van der Waals surface area contributed by atoms with Gasteiger partial charge in [0.2, 0.25) is 0 Å². The fourth-order valence-corrected chi connectivity index (χ4v) is 20.0. The predicted octanol–water partition coefficient (Wildman–Crippen LogP) is 6.49. The van der Waals surface area contributed by atoms with E-state index in [9.17, 15) is 0 Å². The van der Waals surface area contributed by atoms with Crippen LogP contribution in [0.4, 0.5) is 0 Å². The van der Waals surface area contributed by atoms with Gasteiger partial charge in [-0.3, -0.25) is 0 Å². The maximum absolute atomic E-state index is 6.86. The van der Waals surface area contributed by atoms with Crippen LogP contribution in [0.1, 0.15) is 40.0 Å². The van der Waals surface area contributed by atoms with Crippen molar-refractivity contribution in [1.29, 1.82) is 0 Å². The highest BCUT2D eigenvalue weighted by Gasteiger charge is 2.47. The second-order valence-corrected chi connectivity index (χ2v) is 31.0. The number of rotatable bonds is 14. The van der Waals surface area contributed by atoms with Crippen LogP contribution in [0.25, 0.3) is 0 Å². The summed E-state index contributed by atoms with van der Waals surface area (Å²) >= 11 is 0. The Hall–Kier alpha value is 0.664. The second kappa shape index (κ2) is 11.0. The van der Waals surface area contributed by atoms with E-state index in [1.807, 2.05) is 5.70 Å². The van der Waals surface area contributed by atoms with Crippen molar-refractivity contribution in [2.45, 2.75) is 116 Å². The Morgan fingerprint density at radius 2 is 1.28 bits per heavy atom. The van der Waals surface area contributed by atoms with Crippen molar-refractivity contribution >= 4 is 42.6 Å². The van der Waals surface area contributed by atoms with E-state index in [4.69, 9.17) is 17.1 Å². The first-order valence-electron chi connectivity index (χ1n) is 11.2. The Balaban J connectivity index is 5.36. The summed E-state index contributed by atoms with van der Waals surface area (Å²) in [6.07, 6.45) is 3.08. The molecule has 0 saturated heterocycles. The summed E-state index contributed by atoms with van der Waals surface area (Å²) in [6, 6.07) is 0. The van der Waals surface area contributed by atoms with E-state index in [-0.39, 0.29) is 5.22 Å². The van der Waals surface area contributed by atoms with Crippen molar-refractivity contribution in [2.24, 2.45) is 0 Å². The quantitative estimate of drug-likeness (QED) is 0.258. The Kier molecular flexibility index (Phi) is 11.2. The summed E-state index contributed by atoms with van der Waals surface area (Å²) in [7, 11) is -9.72. The third kappa shape index (κ3) is 9.36. The van der Waals surface area contributed by atoms with Gasteiger partial charge in [-0.15, -0.1) is 6.58 Å². The van der Waals surface area contributed by atoms with Gasteiger partial charge in [-0.2, -0.15) is 0 Å². The highest BCUT2D eigenvalue weighted by Crippen LogP contribution is 2.35. The highest BCUT2D eigenvalue weighted by atomic mass is 28.5. The zero-order valence-corrected chi connectivity index (χ0v) is 26.8. The van der Waals surface area contributed by atoms with Crippen molar-refractivity contribution in [3.05, 3.63) is 12.3 Å².